The van der Waals surface area contributed by atoms with Crippen LogP contribution in [0.4, 0.5) is 10.5 Å². The summed E-state index contributed by atoms with van der Waals surface area (Å²) in [5, 5.41) is 14.8. The summed E-state index contributed by atoms with van der Waals surface area (Å²) in [5.41, 5.74) is 2.34. The average Bonchev–Trinajstić information content (AvgIpc) is 3.26. The second kappa shape index (κ2) is 4.50. The first-order chi connectivity index (χ1) is 12.1. The predicted octanol–water partition coefficient (Wildman–Crippen LogP) is 2.09. The number of nitro groups is 1. The molecule has 3 heterocycles. The van der Waals surface area contributed by atoms with Crippen molar-refractivity contribution in [1.29, 1.82) is 0 Å². The van der Waals surface area contributed by atoms with Crippen molar-refractivity contribution in [2.24, 2.45) is 4.99 Å². The van der Waals surface area contributed by atoms with Crippen LogP contribution in [0.15, 0.2) is 52.8 Å². The van der Waals surface area contributed by atoms with E-state index in [9.17, 15) is 19.7 Å². The highest BCUT2D eigenvalue weighted by molar-refractivity contribution is 6.22. The van der Waals surface area contributed by atoms with E-state index in [1.54, 1.807) is 30.3 Å². The maximum absolute atomic E-state index is 12.1. The fraction of sp³-hybridized carbons (Fsp3) is 0.118. The molecule has 8 nitrogen and oxygen atoms in total. The van der Waals surface area contributed by atoms with E-state index in [-0.39, 0.29) is 11.7 Å². The number of hydrogen-bond donors (Lipinski definition) is 1. The molecule has 122 valence electrons. The van der Waals surface area contributed by atoms with Gasteiger partial charge in [0.25, 0.3) is 11.6 Å². The number of nitro benzene ring substituents is 1. The summed E-state index contributed by atoms with van der Waals surface area (Å²) in [5.74, 6) is -0.418. The van der Waals surface area contributed by atoms with Crippen LogP contribution in [0.3, 0.4) is 0 Å². The van der Waals surface area contributed by atoms with E-state index >= 15 is 0 Å². The lowest BCUT2D eigenvalue weighted by Gasteiger charge is -2.22. The van der Waals surface area contributed by atoms with Crippen LogP contribution in [0.25, 0.3) is 10.8 Å². The molecule has 5 rings (SSSR count). The average molecular weight is 334 g/mol. The number of imide groups is 1. The van der Waals surface area contributed by atoms with Gasteiger partial charge in [-0.15, -0.1) is 0 Å². The number of carbonyl (C=O) groups excluding carboxylic acids is 2. The molecule has 1 atom stereocenters. The Morgan fingerprint density at radius 2 is 1.92 bits per heavy atom. The third kappa shape index (κ3) is 1.68. The first-order valence-electron chi connectivity index (χ1n) is 7.69. The fourth-order valence-electron chi connectivity index (χ4n) is 3.81. The monoisotopic (exact) mass is 334 g/mol. The largest absolute Gasteiger partial charge is 0.329 e. The second-order valence-electron chi connectivity index (χ2n) is 6.08. The summed E-state index contributed by atoms with van der Waals surface area (Å²) in [6.45, 7) is 0. The highest BCUT2D eigenvalue weighted by Gasteiger charge is 2.51. The Labute approximate surface area is 140 Å². The number of nitrogens with one attached hydrogen (secondary N) is 1. The molecule has 1 fully saturated rings. The van der Waals surface area contributed by atoms with Gasteiger partial charge in [0, 0.05) is 18.1 Å². The molecule has 2 bridgehead atoms. The Hall–Kier alpha value is -3.55. The fourth-order valence-corrected chi connectivity index (χ4v) is 3.81. The van der Waals surface area contributed by atoms with E-state index < -0.39 is 16.9 Å². The third-order valence-electron chi connectivity index (χ3n) is 4.81. The van der Waals surface area contributed by atoms with Gasteiger partial charge in [-0.1, -0.05) is 18.2 Å². The van der Waals surface area contributed by atoms with E-state index in [1.807, 2.05) is 0 Å². The molecule has 1 unspecified atom stereocenters. The number of carbonyl (C=O) groups is 2. The number of aliphatic imine (C=N–C) groups is 1. The van der Waals surface area contributed by atoms with E-state index in [0.717, 1.165) is 5.56 Å². The highest BCUT2D eigenvalue weighted by Crippen LogP contribution is 2.42. The Bertz CT molecular complexity index is 1090. The van der Waals surface area contributed by atoms with Crippen molar-refractivity contribution < 1.29 is 14.5 Å². The van der Waals surface area contributed by atoms with Crippen molar-refractivity contribution in [3.63, 3.8) is 0 Å². The Balaban J connectivity index is 1.72. The number of non-ortho nitro benzene ring substituents is 1. The highest BCUT2D eigenvalue weighted by atomic mass is 16.6. The Morgan fingerprint density at radius 3 is 2.68 bits per heavy atom. The molecule has 1 saturated heterocycles. The lowest BCUT2D eigenvalue weighted by molar-refractivity contribution is -0.383. The van der Waals surface area contributed by atoms with Crippen molar-refractivity contribution in [2.75, 3.05) is 0 Å². The minimum Gasteiger partial charge on any atom is -0.278 e. The summed E-state index contributed by atoms with van der Waals surface area (Å²) in [6, 6.07) is 9.37. The van der Waals surface area contributed by atoms with Crippen LogP contribution < -0.4 is 5.32 Å². The third-order valence-corrected chi connectivity index (χ3v) is 4.81. The molecule has 2 aromatic rings. The smallest absolute Gasteiger partial charge is 0.278 e. The summed E-state index contributed by atoms with van der Waals surface area (Å²) in [6.07, 6.45) is 0.495. The first kappa shape index (κ1) is 13.8. The first-order valence-corrected chi connectivity index (χ1v) is 7.69. The minimum atomic E-state index is -0.446. The van der Waals surface area contributed by atoms with Crippen LogP contribution in [0, 0.1) is 10.1 Å². The molecule has 1 N–H and O–H groups in total. The Morgan fingerprint density at radius 1 is 1.16 bits per heavy atom. The quantitative estimate of drug-likeness (QED) is 0.515. The van der Waals surface area contributed by atoms with Gasteiger partial charge in [0.15, 0.2) is 0 Å². The van der Waals surface area contributed by atoms with Gasteiger partial charge in [-0.25, -0.2) is 4.79 Å². The molecule has 0 aromatic heterocycles. The number of benzene rings is 2. The molecule has 25 heavy (non-hydrogen) atoms. The lowest BCUT2D eigenvalue weighted by Crippen LogP contribution is -2.39. The standard InChI is InChI=1S/C17H10N4O4/c22-16-15-11-7-13(20(15)17(23)19-16)14(18-11)10-5-6-12(21(24)25)9-4-2-1-3-8(9)10/h1-6,13H,7H2,(H,19,22,23). The number of nitrogens with zero attached hydrogens (tertiary/aromatic N) is 3. The molecule has 2 aromatic carbocycles. The summed E-state index contributed by atoms with van der Waals surface area (Å²) < 4.78 is 0. The number of amides is 3. The van der Waals surface area contributed by atoms with Crippen molar-refractivity contribution in [1.82, 2.24) is 10.2 Å². The zero-order chi connectivity index (χ0) is 17.3. The molecule has 0 spiro atoms. The van der Waals surface area contributed by atoms with Gasteiger partial charge >= 0.3 is 6.03 Å². The topological polar surface area (TPSA) is 105 Å². The molecular formula is C17H10N4O4. The lowest BCUT2D eigenvalue weighted by atomic mass is 9.96. The maximum atomic E-state index is 12.1. The predicted molar refractivity (Wildman–Crippen MR) is 87.9 cm³/mol. The van der Waals surface area contributed by atoms with E-state index in [1.165, 1.54) is 11.0 Å². The van der Waals surface area contributed by atoms with Crippen LogP contribution >= 0.6 is 0 Å². The van der Waals surface area contributed by atoms with E-state index in [2.05, 4.69) is 10.3 Å². The summed E-state index contributed by atoms with van der Waals surface area (Å²) in [4.78, 5) is 40.8. The zero-order valence-corrected chi connectivity index (χ0v) is 12.7. The normalized spacial score (nSPS) is 21.0. The summed E-state index contributed by atoms with van der Waals surface area (Å²) >= 11 is 0. The zero-order valence-electron chi connectivity index (χ0n) is 12.7. The second-order valence-corrected chi connectivity index (χ2v) is 6.08. The van der Waals surface area contributed by atoms with Crippen LogP contribution in [-0.2, 0) is 4.79 Å². The van der Waals surface area contributed by atoms with Crippen molar-refractivity contribution in [3.05, 3.63) is 63.5 Å². The van der Waals surface area contributed by atoms with Gasteiger partial charge in [0.2, 0.25) is 0 Å². The van der Waals surface area contributed by atoms with E-state index in [0.29, 0.717) is 34.3 Å². The molecular weight excluding hydrogens is 324 g/mol. The molecule has 3 amide bonds. The molecule has 3 aliphatic rings. The molecule has 0 aliphatic carbocycles. The van der Waals surface area contributed by atoms with Crippen molar-refractivity contribution in [3.8, 4) is 0 Å². The van der Waals surface area contributed by atoms with Crippen LogP contribution in [-0.4, -0.2) is 33.5 Å². The minimum absolute atomic E-state index is 0.0251. The molecule has 0 saturated carbocycles. The van der Waals surface area contributed by atoms with Gasteiger partial charge in [0.05, 0.1) is 27.8 Å². The van der Waals surface area contributed by atoms with Crippen LogP contribution in [0.1, 0.15) is 12.0 Å². The Kier molecular flexibility index (Phi) is 2.49. The van der Waals surface area contributed by atoms with Crippen molar-refractivity contribution in [2.45, 2.75) is 12.5 Å². The molecule has 8 heteroatoms. The number of urea groups is 1. The molecule has 3 aliphatic heterocycles. The van der Waals surface area contributed by atoms with Crippen LogP contribution in [0.5, 0.6) is 0 Å². The maximum Gasteiger partial charge on any atom is 0.329 e. The molecule has 0 radical (unpaired) electrons. The van der Waals surface area contributed by atoms with Gasteiger partial charge < -0.3 is 0 Å². The number of fused-ring (bicyclic) bond motifs is 5. The van der Waals surface area contributed by atoms with E-state index in [4.69, 9.17) is 0 Å². The van der Waals surface area contributed by atoms with Gasteiger partial charge in [0.1, 0.15) is 5.70 Å². The number of rotatable bonds is 2. The van der Waals surface area contributed by atoms with Crippen molar-refractivity contribution >= 4 is 34.1 Å². The van der Waals surface area contributed by atoms with Gasteiger partial charge in [-0.05, 0) is 17.5 Å². The van der Waals surface area contributed by atoms with Crippen LogP contribution in [0.2, 0.25) is 0 Å². The number of hydrogen-bond acceptors (Lipinski definition) is 5. The SMILES string of the molecule is O=C1NC(=O)N2C1=C1CC2C(c2ccc([N+](=O)[O-])c3ccccc23)=N1. The van der Waals surface area contributed by atoms with Gasteiger partial charge in [-0.3, -0.25) is 30.1 Å². The van der Waals surface area contributed by atoms with Gasteiger partial charge in [-0.2, -0.15) is 0 Å². The summed E-state index contributed by atoms with van der Waals surface area (Å²) in [7, 11) is 0.